The average Bonchev–Trinajstić information content (AvgIpc) is 2.56. The summed E-state index contributed by atoms with van der Waals surface area (Å²) in [6.07, 6.45) is 15.3. The SMILES string of the molecule is [B]C1(SC2(C)CCCC([B])(C(C)C)CC2)CCCCCCC1. The molecule has 0 aromatic heterocycles. The molecule has 22 heavy (non-hydrogen) atoms. The van der Waals surface area contributed by atoms with Gasteiger partial charge < -0.3 is 0 Å². The van der Waals surface area contributed by atoms with Crippen molar-refractivity contribution in [2.45, 2.75) is 113 Å². The van der Waals surface area contributed by atoms with Crippen LogP contribution in [0.4, 0.5) is 0 Å². The molecule has 0 spiro atoms. The summed E-state index contributed by atoms with van der Waals surface area (Å²) in [5, 5.41) is 0.0427. The topological polar surface area (TPSA) is 0 Å². The van der Waals surface area contributed by atoms with E-state index in [1.165, 1.54) is 70.6 Å². The highest BCUT2D eigenvalue weighted by atomic mass is 32.2. The molecule has 0 nitrogen and oxygen atoms in total. The Bertz CT molecular complexity index is 349. The highest BCUT2D eigenvalue weighted by molar-refractivity contribution is 8.03. The first-order valence-corrected chi connectivity index (χ1v) is 10.4. The van der Waals surface area contributed by atoms with Gasteiger partial charge in [0.25, 0.3) is 0 Å². The molecule has 0 aromatic carbocycles. The third-order valence-corrected chi connectivity index (χ3v) is 7.98. The lowest BCUT2D eigenvalue weighted by Crippen LogP contribution is -2.34. The molecular weight excluding hydrogens is 282 g/mol. The van der Waals surface area contributed by atoms with Crippen LogP contribution in [0.5, 0.6) is 0 Å². The molecular formula is C19H34B2S. The molecule has 2 unspecified atom stereocenters. The smallest absolute Gasteiger partial charge is 0.0893 e. The standard InChI is InChI=1S/C19H34B2S/c1-16(2)18(20)11-9-10-17(3,14-15-18)22-19(21)12-7-5-4-6-8-13-19/h16H,4-15H2,1-3H3. The van der Waals surface area contributed by atoms with Gasteiger partial charge in [0.1, 0.15) is 0 Å². The van der Waals surface area contributed by atoms with Gasteiger partial charge in [-0.15, -0.1) is 0 Å². The summed E-state index contributed by atoms with van der Waals surface area (Å²) in [6, 6.07) is 0. The van der Waals surface area contributed by atoms with E-state index in [0.717, 1.165) is 6.42 Å². The summed E-state index contributed by atoms with van der Waals surface area (Å²) in [4.78, 5) is 0. The van der Waals surface area contributed by atoms with Crippen LogP contribution in [0.15, 0.2) is 0 Å². The summed E-state index contributed by atoms with van der Waals surface area (Å²) in [5.41, 5.74) is 0. The Morgan fingerprint density at radius 3 is 1.91 bits per heavy atom. The quantitative estimate of drug-likeness (QED) is 0.452. The van der Waals surface area contributed by atoms with Gasteiger partial charge in [0.05, 0.1) is 15.7 Å². The van der Waals surface area contributed by atoms with Crippen molar-refractivity contribution in [3.05, 3.63) is 0 Å². The van der Waals surface area contributed by atoms with Crippen molar-refractivity contribution < 1.29 is 0 Å². The predicted octanol–water partition coefficient (Wildman–Crippen LogP) is 6.03. The minimum absolute atomic E-state index is 0.00853. The fourth-order valence-corrected chi connectivity index (χ4v) is 6.24. The fraction of sp³-hybridized carbons (Fsp3) is 1.00. The van der Waals surface area contributed by atoms with Gasteiger partial charge in [-0.25, -0.2) is 0 Å². The Kier molecular flexibility index (Phi) is 6.48. The van der Waals surface area contributed by atoms with E-state index < -0.39 is 0 Å². The van der Waals surface area contributed by atoms with Crippen LogP contribution in [0.3, 0.4) is 0 Å². The molecule has 4 radical (unpaired) electrons. The second-order valence-corrected chi connectivity index (χ2v) is 10.6. The summed E-state index contributed by atoms with van der Waals surface area (Å²) in [5.74, 6) is 0.577. The summed E-state index contributed by atoms with van der Waals surface area (Å²) < 4.78 is 0.332. The maximum absolute atomic E-state index is 6.85. The Morgan fingerprint density at radius 1 is 0.727 bits per heavy atom. The Balaban J connectivity index is 2.00. The van der Waals surface area contributed by atoms with Crippen molar-refractivity contribution in [1.29, 1.82) is 0 Å². The maximum Gasteiger partial charge on any atom is 0.0893 e. The minimum atomic E-state index is 0.00853. The van der Waals surface area contributed by atoms with Crippen LogP contribution in [-0.4, -0.2) is 25.1 Å². The molecule has 0 aliphatic heterocycles. The number of hydrogen-bond donors (Lipinski definition) is 0. The largest absolute Gasteiger partial charge is 0.158 e. The third kappa shape index (κ3) is 4.99. The highest BCUT2D eigenvalue weighted by Crippen LogP contribution is 2.54. The van der Waals surface area contributed by atoms with Gasteiger partial charge in [-0.3, -0.25) is 0 Å². The van der Waals surface area contributed by atoms with E-state index in [4.69, 9.17) is 15.7 Å². The molecule has 0 saturated heterocycles. The van der Waals surface area contributed by atoms with Gasteiger partial charge in [-0.2, -0.15) is 11.8 Å². The first-order chi connectivity index (χ1) is 10.3. The second kappa shape index (κ2) is 7.58. The lowest BCUT2D eigenvalue weighted by molar-refractivity contribution is 0.363. The van der Waals surface area contributed by atoms with Crippen LogP contribution in [0.1, 0.15) is 97.8 Å². The third-order valence-electron chi connectivity index (χ3n) is 6.27. The van der Waals surface area contributed by atoms with Gasteiger partial charge in [-0.1, -0.05) is 77.5 Å². The lowest BCUT2D eigenvalue weighted by Gasteiger charge is -2.41. The zero-order valence-electron chi connectivity index (χ0n) is 15.1. The first kappa shape index (κ1) is 18.8. The maximum atomic E-state index is 6.85. The van der Waals surface area contributed by atoms with Crippen molar-refractivity contribution in [2.75, 3.05) is 0 Å². The minimum Gasteiger partial charge on any atom is -0.158 e. The zero-order chi connectivity index (χ0) is 16.3. The monoisotopic (exact) mass is 316 g/mol. The van der Waals surface area contributed by atoms with Crippen LogP contribution in [0.2, 0.25) is 5.31 Å². The molecule has 2 atom stereocenters. The van der Waals surface area contributed by atoms with E-state index in [9.17, 15) is 0 Å². The van der Waals surface area contributed by atoms with Gasteiger partial charge in [0.15, 0.2) is 0 Å². The van der Waals surface area contributed by atoms with E-state index in [-0.39, 0.29) is 9.96 Å². The van der Waals surface area contributed by atoms with Gasteiger partial charge in [0.2, 0.25) is 0 Å². The van der Waals surface area contributed by atoms with Crippen LogP contribution in [0, 0.1) is 5.92 Å². The van der Waals surface area contributed by atoms with E-state index in [1.807, 2.05) is 0 Å². The van der Waals surface area contributed by atoms with Gasteiger partial charge in [0, 0.05) is 4.75 Å². The lowest BCUT2D eigenvalue weighted by atomic mass is 9.57. The van der Waals surface area contributed by atoms with Crippen molar-refractivity contribution >= 4 is 27.5 Å². The molecule has 0 aromatic rings. The predicted molar refractivity (Wildman–Crippen MR) is 103 cm³/mol. The van der Waals surface area contributed by atoms with Crippen molar-refractivity contribution in [3.8, 4) is 0 Å². The number of rotatable bonds is 3. The molecule has 2 aliphatic carbocycles. The highest BCUT2D eigenvalue weighted by Gasteiger charge is 2.40. The Morgan fingerprint density at radius 2 is 1.32 bits per heavy atom. The molecule has 3 heteroatoms. The molecule has 0 N–H and O–H groups in total. The van der Waals surface area contributed by atoms with Crippen molar-refractivity contribution in [1.82, 2.24) is 0 Å². The summed E-state index contributed by atoms with van der Waals surface area (Å²) in [6.45, 7) is 7.03. The number of hydrogen-bond acceptors (Lipinski definition) is 1. The molecule has 0 amide bonds. The van der Waals surface area contributed by atoms with Crippen LogP contribution in [-0.2, 0) is 0 Å². The van der Waals surface area contributed by atoms with E-state index in [0.29, 0.717) is 10.7 Å². The molecule has 122 valence electrons. The summed E-state index contributed by atoms with van der Waals surface area (Å²) in [7, 11) is 13.5. The van der Waals surface area contributed by atoms with Crippen LogP contribution < -0.4 is 0 Å². The van der Waals surface area contributed by atoms with Gasteiger partial charge in [-0.05, 0) is 36.2 Å². The molecule has 2 saturated carbocycles. The van der Waals surface area contributed by atoms with E-state index >= 15 is 0 Å². The zero-order valence-corrected chi connectivity index (χ0v) is 15.9. The van der Waals surface area contributed by atoms with Gasteiger partial charge >= 0.3 is 0 Å². The molecule has 2 aliphatic rings. The average molecular weight is 316 g/mol. The summed E-state index contributed by atoms with van der Waals surface area (Å²) >= 11 is 2.12. The number of thioether (sulfide) groups is 1. The first-order valence-electron chi connectivity index (χ1n) is 9.55. The molecule has 2 fully saturated rings. The molecule has 0 heterocycles. The normalized spacial score (nSPS) is 37.3. The van der Waals surface area contributed by atoms with Crippen LogP contribution in [0.25, 0.3) is 0 Å². The second-order valence-electron chi connectivity index (χ2n) is 8.63. The van der Waals surface area contributed by atoms with E-state index in [2.05, 4.69) is 32.5 Å². The molecule has 0 bridgehead atoms. The molecule has 2 rings (SSSR count). The fourth-order valence-electron chi connectivity index (χ4n) is 4.31. The van der Waals surface area contributed by atoms with Crippen molar-refractivity contribution in [2.24, 2.45) is 5.92 Å². The Labute approximate surface area is 146 Å². The Hall–Kier alpha value is 0.480. The van der Waals surface area contributed by atoms with Crippen molar-refractivity contribution in [3.63, 3.8) is 0 Å². The van der Waals surface area contributed by atoms with Crippen LogP contribution >= 0.6 is 11.8 Å². The van der Waals surface area contributed by atoms with E-state index in [1.54, 1.807) is 0 Å².